The molecule has 0 amide bonds. The van der Waals surface area contributed by atoms with Crippen molar-refractivity contribution in [3.63, 3.8) is 0 Å². The van der Waals surface area contributed by atoms with Gasteiger partial charge in [-0.25, -0.2) is 10.1 Å². The largest absolute Gasteiger partial charge is 0.317 e. The second kappa shape index (κ2) is 8.70. The number of carbonyl (C=O) groups excluding carboxylic acids is 1. The molecule has 32 heavy (non-hydrogen) atoms. The molecule has 5 rings (SSSR count). The lowest BCUT2D eigenvalue weighted by molar-refractivity contribution is 0.0973. The second-order valence-corrected chi connectivity index (χ2v) is 7.97. The number of nitrogens with one attached hydrogen (secondary N) is 1. The van der Waals surface area contributed by atoms with Crippen molar-refractivity contribution in [2.45, 2.75) is 39.2 Å². The molecule has 7 heteroatoms. The lowest BCUT2D eigenvalue weighted by atomic mass is 9.98. The fraction of sp³-hybridized carbons (Fsp3) is 0.240. The average Bonchev–Trinajstić information content (AvgIpc) is 3.42. The van der Waals surface area contributed by atoms with Gasteiger partial charge in [0.2, 0.25) is 0 Å². The number of nitrogens with zero attached hydrogens (tertiary/aromatic N) is 5. The minimum Gasteiger partial charge on any atom is -0.317 e. The zero-order valence-electron chi connectivity index (χ0n) is 18.0. The number of H-pyrrole nitrogens is 1. The van der Waals surface area contributed by atoms with Crippen LogP contribution in [0.15, 0.2) is 54.6 Å². The van der Waals surface area contributed by atoms with E-state index in [9.17, 15) is 4.79 Å². The van der Waals surface area contributed by atoms with Crippen LogP contribution in [0.25, 0.3) is 28.6 Å². The van der Waals surface area contributed by atoms with Gasteiger partial charge < -0.3 is 4.57 Å². The van der Waals surface area contributed by atoms with Crippen LogP contribution in [0, 0.1) is 0 Å². The van der Waals surface area contributed by atoms with E-state index in [2.05, 4.69) is 55.5 Å². The fourth-order valence-electron chi connectivity index (χ4n) is 4.33. The number of hydrogen-bond acceptors (Lipinski definition) is 5. The first-order chi connectivity index (χ1) is 15.7. The monoisotopic (exact) mass is 424 g/mol. The molecule has 160 valence electrons. The van der Waals surface area contributed by atoms with Gasteiger partial charge in [-0.2, -0.15) is 0 Å². The maximum atomic E-state index is 12.8. The number of hydrogen-bond donors (Lipinski definition) is 1. The highest BCUT2D eigenvalue weighted by molar-refractivity contribution is 5.96. The van der Waals surface area contributed by atoms with Gasteiger partial charge in [-0.15, -0.1) is 5.10 Å². The lowest BCUT2D eigenvalue weighted by Crippen LogP contribution is -2.12. The summed E-state index contributed by atoms with van der Waals surface area (Å²) in [6.45, 7) is 2.59. The van der Waals surface area contributed by atoms with Crippen LogP contribution in [-0.2, 0) is 13.0 Å². The summed E-state index contributed by atoms with van der Waals surface area (Å²) in [6.07, 6.45) is 7.37. The van der Waals surface area contributed by atoms with Crippen LogP contribution in [-0.4, -0.2) is 36.0 Å². The van der Waals surface area contributed by atoms with E-state index in [0.717, 1.165) is 58.7 Å². The topological polar surface area (TPSA) is 89.3 Å². The number of carbonyl (C=O) groups is 1. The number of tetrazole rings is 1. The summed E-state index contributed by atoms with van der Waals surface area (Å²) < 4.78 is 2.08. The van der Waals surface area contributed by atoms with E-state index in [-0.39, 0.29) is 5.78 Å². The van der Waals surface area contributed by atoms with Crippen LogP contribution in [0.4, 0.5) is 0 Å². The Morgan fingerprint density at radius 1 is 1.03 bits per heavy atom. The van der Waals surface area contributed by atoms with Crippen molar-refractivity contribution >= 4 is 11.9 Å². The molecule has 0 bridgehead atoms. The van der Waals surface area contributed by atoms with E-state index < -0.39 is 0 Å². The van der Waals surface area contributed by atoms with Crippen LogP contribution >= 0.6 is 0 Å². The molecule has 0 fully saturated rings. The summed E-state index contributed by atoms with van der Waals surface area (Å²) in [5.74, 6) is 1.69. The Morgan fingerprint density at radius 3 is 2.56 bits per heavy atom. The average molecular weight is 425 g/mol. The quantitative estimate of drug-likeness (QED) is 0.468. The van der Waals surface area contributed by atoms with Crippen molar-refractivity contribution in [3.05, 3.63) is 77.4 Å². The number of fused-ring (bicyclic) bond motifs is 1. The fourth-order valence-corrected chi connectivity index (χ4v) is 4.33. The van der Waals surface area contributed by atoms with Crippen molar-refractivity contribution in [3.8, 4) is 22.5 Å². The van der Waals surface area contributed by atoms with Gasteiger partial charge >= 0.3 is 0 Å². The molecule has 4 aromatic rings. The zero-order valence-corrected chi connectivity index (χ0v) is 18.0. The van der Waals surface area contributed by atoms with Gasteiger partial charge in [-0.05, 0) is 59.4 Å². The molecular weight excluding hydrogens is 400 g/mol. The molecule has 2 heterocycles. The highest BCUT2D eigenvalue weighted by Gasteiger charge is 2.24. The number of Topliss-reactive ketones (excluding diaryl/α,β-unsaturated/α-hetero) is 1. The minimum atomic E-state index is 0.201. The van der Waals surface area contributed by atoms with Crippen molar-refractivity contribution < 1.29 is 4.79 Å². The molecule has 7 nitrogen and oxygen atoms in total. The van der Waals surface area contributed by atoms with Crippen molar-refractivity contribution in [2.24, 2.45) is 0 Å². The summed E-state index contributed by atoms with van der Waals surface area (Å²) >= 11 is 0. The number of aromatic nitrogens is 6. The van der Waals surface area contributed by atoms with E-state index >= 15 is 0 Å². The van der Waals surface area contributed by atoms with Crippen LogP contribution in [0.3, 0.4) is 0 Å². The van der Waals surface area contributed by atoms with Crippen LogP contribution in [0.5, 0.6) is 0 Å². The SMILES string of the molecule is C/C=C/c1nc2c(n1Cc1ccc(-c3ccccc3-c3nnn[nH]3)cc1)C(=O)CCCC2. The number of aryl methyl sites for hydroxylation is 1. The molecule has 0 atom stereocenters. The summed E-state index contributed by atoms with van der Waals surface area (Å²) in [7, 11) is 0. The third-order valence-corrected chi connectivity index (χ3v) is 5.85. The smallest absolute Gasteiger partial charge is 0.181 e. The predicted molar refractivity (Wildman–Crippen MR) is 123 cm³/mol. The first kappa shape index (κ1) is 20.1. The maximum absolute atomic E-state index is 12.8. The first-order valence-electron chi connectivity index (χ1n) is 10.9. The Labute approximate surface area is 186 Å². The normalized spacial score (nSPS) is 14.0. The molecule has 0 saturated heterocycles. The number of ketones is 1. The molecule has 2 aromatic carbocycles. The van der Waals surface area contributed by atoms with Gasteiger partial charge in [0.15, 0.2) is 11.6 Å². The minimum absolute atomic E-state index is 0.201. The lowest BCUT2D eigenvalue weighted by Gasteiger charge is -2.12. The Balaban J connectivity index is 1.48. The predicted octanol–water partition coefficient (Wildman–Crippen LogP) is 4.72. The van der Waals surface area contributed by atoms with Crippen molar-refractivity contribution in [1.29, 1.82) is 0 Å². The maximum Gasteiger partial charge on any atom is 0.181 e. The van der Waals surface area contributed by atoms with Crippen LogP contribution < -0.4 is 0 Å². The zero-order chi connectivity index (χ0) is 21.9. The molecule has 1 aliphatic carbocycles. The first-order valence-corrected chi connectivity index (χ1v) is 10.9. The Morgan fingerprint density at radius 2 is 1.81 bits per heavy atom. The molecule has 0 unspecified atom stereocenters. The summed E-state index contributed by atoms with van der Waals surface area (Å²) in [5, 5.41) is 14.3. The number of allylic oxidation sites excluding steroid dienone is 1. The highest BCUT2D eigenvalue weighted by Crippen LogP contribution is 2.30. The summed E-state index contributed by atoms with van der Waals surface area (Å²) in [4.78, 5) is 17.6. The van der Waals surface area contributed by atoms with E-state index in [4.69, 9.17) is 4.98 Å². The molecule has 0 saturated carbocycles. The summed E-state index contributed by atoms with van der Waals surface area (Å²) in [5.41, 5.74) is 5.92. The van der Waals surface area contributed by atoms with E-state index in [1.807, 2.05) is 37.3 Å². The van der Waals surface area contributed by atoms with Gasteiger partial charge in [-0.1, -0.05) is 54.6 Å². The van der Waals surface area contributed by atoms with Crippen LogP contribution in [0.2, 0.25) is 0 Å². The molecule has 0 aliphatic heterocycles. The van der Waals surface area contributed by atoms with Gasteiger partial charge in [0.25, 0.3) is 0 Å². The number of benzene rings is 2. The molecule has 1 aliphatic rings. The molecule has 1 N–H and O–H groups in total. The van der Waals surface area contributed by atoms with E-state index in [1.165, 1.54) is 0 Å². The third kappa shape index (κ3) is 3.77. The van der Waals surface area contributed by atoms with Crippen molar-refractivity contribution in [2.75, 3.05) is 0 Å². The molecule has 0 spiro atoms. The van der Waals surface area contributed by atoms with E-state index in [0.29, 0.717) is 18.8 Å². The number of imidazole rings is 1. The van der Waals surface area contributed by atoms with E-state index in [1.54, 1.807) is 0 Å². The Bertz CT molecular complexity index is 1270. The molecule has 0 radical (unpaired) electrons. The number of rotatable bonds is 5. The highest BCUT2D eigenvalue weighted by atomic mass is 16.1. The Kier molecular flexibility index (Phi) is 5.46. The van der Waals surface area contributed by atoms with Gasteiger partial charge in [0.05, 0.1) is 5.69 Å². The Hall–Kier alpha value is -3.87. The van der Waals surface area contributed by atoms with Gasteiger partial charge in [-0.3, -0.25) is 4.79 Å². The standard InChI is InChI=1S/C25H24N6O/c1-2-7-23-26-21-10-5-6-11-22(32)24(21)31(23)16-17-12-14-18(15-13-17)19-8-3-4-9-20(19)25-27-29-30-28-25/h2-4,7-9,12-15H,5-6,10-11,16H2,1H3,(H,27,28,29,30)/b7-2+. The third-order valence-electron chi connectivity index (χ3n) is 5.85. The van der Waals surface area contributed by atoms with Crippen molar-refractivity contribution in [1.82, 2.24) is 30.2 Å². The molecular formula is C25H24N6O. The van der Waals surface area contributed by atoms with Gasteiger partial charge in [0, 0.05) is 18.5 Å². The van der Waals surface area contributed by atoms with Gasteiger partial charge in [0.1, 0.15) is 11.5 Å². The molecule has 2 aromatic heterocycles. The second-order valence-electron chi connectivity index (χ2n) is 7.97. The number of aromatic amines is 1. The van der Waals surface area contributed by atoms with Crippen LogP contribution in [0.1, 0.15) is 53.8 Å². The summed E-state index contributed by atoms with van der Waals surface area (Å²) in [6, 6.07) is 16.5.